The van der Waals surface area contributed by atoms with Crippen LogP contribution < -0.4 is 5.48 Å². The number of benzene rings is 1. The molecule has 82 valence electrons. The third-order valence-electron chi connectivity index (χ3n) is 2.72. The van der Waals surface area contributed by atoms with Crippen LogP contribution in [-0.4, -0.2) is 16.7 Å². The van der Waals surface area contributed by atoms with Crippen LogP contribution in [-0.2, 0) is 6.54 Å². The van der Waals surface area contributed by atoms with Crippen LogP contribution in [0.3, 0.4) is 0 Å². The molecule has 0 spiro atoms. The molecule has 0 amide bonds. The maximum absolute atomic E-state index is 8.62. The van der Waals surface area contributed by atoms with Crippen LogP contribution in [0.25, 0.3) is 0 Å². The molecule has 1 heterocycles. The van der Waals surface area contributed by atoms with E-state index in [-0.39, 0.29) is 0 Å². The summed E-state index contributed by atoms with van der Waals surface area (Å²) in [6.07, 6.45) is 1.28. The van der Waals surface area contributed by atoms with Gasteiger partial charge in [-0.15, -0.1) is 0 Å². The zero-order valence-electron chi connectivity index (χ0n) is 8.37. The average Bonchev–Trinajstić information content (AvgIpc) is 2.71. The Morgan fingerprint density at radius 2 is 2.40 bits per heavy atom. The van der Waals surface area contributed by atoms with Crippen LogP contribution in [0.1, 0.15) is 23.5 Å². The molecule has 0 radical (unpaired) electrons. The first-order valence-corrected chi connectivity index (χ1v) is 6.99. The van der Waals surface area contributed by atoms with Crippen LogP contribution in [0.5, 0.6) is 0 Å². The van der Waals surface area contributed by atoms with E-state index in [0.717, 1.165) is 5.56 Å². The number of thioether (sulfide) groups is 1. The number of hydrogen-bond donors (Lipinski definition) is 2. The van der Waals surface area contributed by atoms with Crippen LogP contribution in [0.15, 0.2) is 22.7 Å². The normalized spacial score (nSPS) is 20.8. The first-order chi connectivity index (χ1) is 7.31. The van der Waals surface area contributed by atoms with E-state index in [0.29, 0.717) is 12.5 Å². The van der Waals surface area contributed by atoms with Crippen molar-refractivity contribution in [3.63, 3.8) is 0 Å². The molecule has 15 heavy (non-hydrogen) atoms. The summed E-state index contributed by atoms with van der Waals surface area (Å²) in [4.78, 5) is 0. The molecule has 1 aliphatic heterocycles. The van der Waals surface area contributed by atoms with Crippen molar-refractivity contribution in [3.05, 3.63) is 33.8 Å². The Labute approximate surface area is 103 Å². The minimum Gasteiger partial charge on any atom is -0.316 e. The maximum Gasteiger partial charge on any atom is 0.0458 e. The van der Waals surface area contributed by atoms with Crippen molar-refractivity contribution in [3.8, 4) is 0 Å². The largest absolute Gasteiger partial charge is 0.316 e. The van der Waals surface area contributed by atoms with Gasteiger partial charge in [0.15, 0.2) is 0 Å². The lowest BCUT2D eigenvalue weighted by atomic mass is 9.97. The predicted molar refractivity (Wildman–Crippen MR) is 67.5 cm³/mol. The van der Waals surface area contributed by atoms with Gasteiger partial charge in [-0.1, -0.05) is 28.1 Å². The second-order valence-electron chi connectivity index (χ2n) is 3.75. The molecular formula is C11H14BrNOS. The molecule has 1 atom stereocenters. The summed E-state index contributed by atoms with van der Waals surface area (Å²) >= 11 is 5.64. The van der Waals surface area contributed by atoms with E-state index < -0.39 is 0 Å². The molecule has 2 nitrogen and oxygen atoms in total. The number of hydroxylamine groups is 1. The van der Waals surface area contributed by atoms with Crippen molar-refractivity contribution in [1.29, 1.82) is 0 Å². The number of rotatable bonds is 3. The fraction of sp³-hybridized carbons (Fsp3) is 0.455. The quantitative estimate of drug-likeness (QED) is 0.838. The van der Waals surface area contributed by atoms with E-state index in [9.17, 15) is 0 Å². The molecule has 2 N–H and O–H groups in total. The molecule has 1 saturated heterocycles. The molecule has 0 bridgehead atoms. The molecule has 1 aromatic rings. The standard InChI is InChI=1S/C11H14BrNOS/c12-11-5-8(6-13-14)1-2-10(11)9-3-4-15-7-9/h1-2,5,9,13-14H,3-4,6-7H2. The number of nitrogens with one attached hydrogen (secondary N) is 1. The van der Waals surface area contributed by atoms with E-state index >= 15 is 0 Å². The topological polar surface area (TPSA) is 32.3 Å². The van der Waals surface area contributed by atoms with Gasteiger partial charge in [-0.3, -0.25) is 0 Å². The minimum atomic E-state index is 0.498. The molecule has 0 saturated carbocycles. The second-order valence-corrected chi connectivity index (χ2v) is 5.76. The Morgan fingerprint density at radius 1 is 1.53 bits per heavy atom. The van der Waals surface area contributed by atoms with Crippen LogP contribution in [0.2, 0.25) is 0 Å². The van der Waals surface area contributed by atoms with E-state index in [1.54, 1.807) is 0 Å². The molecule has 2 rings (SSSR count). The average molecular weight is 288 g/mol. The van der Waals surface area contributed by atoms with Gasteiger partial charge in [-0.05, 0) is 35.3 Å². The zero-order chi connectivity index (χ0) is 10.7. The summed E-state index contributed by atoms with van der Waals surface area (Å²) in [6, 6.07) is 6.33. The van der Waals surface area contributed by atoms with Gasteiger partial charge in [0.2, 0.25) is 0 Å². The van der Waals surface area contributed by atoms with E-state index in [1.807, 2.05) is 11.8 Å². The summed E-state index contributed by atoms with van der Waals surface area (Å²) < 4.78 is 1.17. The number of hydrogen-bond acceptors (Lipinski definition) is 3. The van der Waals surface area contributed by atoms with E-state index in [2.05, 4.69) is 39.6 Å². The van der Waals surface area contributed by atoms with E-state index in [1.165, 1.54) is 28.0 Å². The van der Waals surface area contributed by atoms with Crippen LogP contribution in [0.4, 0.5) is 0 Å². The van der Waals surface area contributed by atoms with Gasteiger partial charge in [0.1, 0.15) is 0 Å². The van der Waals surface area contributed by atoms with Gasteiger partial charge in [0.25, 0.3) is 0 Å². The summed E-state index contributed by atoms with van der Waals surface area (Å²) in [6.45, 7) is 0.498. The molecule has 1 aliphatic rings. The molecule has 1 fully saturated rings. The monoisotopic (exact) mass is 287 g/mol. The lowest BCUT2D eigenvalue weighted by molar-refractivity contribution is 0.161. The van der Waals surface area contributed by atoms with Crippen LogP contribution >= 0.6 is 27.7 Å². The van der Waals surface area contributed by atoms with Gasteiger partial charge < -0.3 is 5.21 Å². The fourth-order valence-electron chi connectivity index (χ4n) is 1.88. The third-order valence-corrected chi connectivity index (χ3v) is 4.57. The van der Waals surface area contributed by atoms with Gasteiger partial charge in [-0.25, -0.2) is 5.48 Å². The minimum absolute atomic E-state index is 0.498. The van der Waals surface area contributed by atoms with Crippen molar-refractivity contribution in [2.45, 2.75) is 18.9 Å². The highest BCUT2D eigenvalue weighted by Crippen LogP contribution is 2.36. The van der Waals surface area contributed by atoms with Crippen LogP contribution in [0, 0.1) is 0 Å². The summed E-state index contributed by atoms with van der Waals surface area (Å²) in [7, 11) is 0. The fourth-order valence-corrected chi connectivity index (χ4v) is 3.88. The highest BCUT2D eigenvalue weighted by Gasteiger charge is 2.19. The second kappa shape index (κ2) is 5.34. The van der Waals surface area contributed by atoms with Gasteiger partial charge in [0.05, 0.1) is 0 Å². The molecule has 1 unspecified atom stereocenters. The van der Waals surface area contributed by atoms with Gasteiger partial charge in [0, 0.05) is 16.8 Å². The molecule has 0 aromatic heterocycles. The number of halogens is 1. The summed E-state index contributed by atoms with van der Waals surface area (Å²) in [5.41, 5.74) is 4.68. The molecular weight excluding hydrogens is 274 g/mol. The van der Waals surface area contributed by atoms with Crippen molar-refractivity contribution < 1.29 is 5.21 Å². The van der Waals surface area contributed by atoms with Gasteiger partial charge >= 0.3 is 0 Å². The predicted octanol–water partition coefficient (Wildman–Crippen LogP) is 3.15. The Morgan fingerprint density at radius 3 is 3.00 bits per heavy atom. The Balaban J connectivity index is 2.18. The van der Waals surface area contributed by atoms with E-state index in [4.69, 9.17) is 5.21 Å². The van der Waals surface area contributed by atoms with Crippen molar-refractivity contribution in [2.24, 2.45) is 0 Å². The molecule has 4 heteroatoms. The first kappa shape index (κ1) is 11.5. The SMILES string of the molecule is ONCc1ccc(C2CCSC2)c(Br)c1. The van der Waals surface area contributed by atoms with Crippen molar-refractivity contribution in [2.75, 3.05) is 11.5 Å². The summed E-state index contributed by atoms with van der Waals surface area (Å²) in [5.74, 6) is 3.20. The zero-order valence-corrected chi connectivity index (χ0v) is 10.8. The maximum atomic E-state index is 8.62. The molecule has 0 aliphatic carbocycles. The molecule has 1 aromatic carbocycles. The Bertz CT molecular complexity index is 339. The smallest absolute Gasteiger partial charge is 0.0458 e. The van der Waals surface area contributed by atoms with Crippen molar-refractivity contribution >= 4 is 27.7 Å². The van der Waals surface area contributed by atoms with Crippen molar-refractivity contribution in [1.82, 2.24) is 5.48 Å². The highest BCUT2D eigenvalue weighted by atomic mass is 79.9. The lowest BCUT2D eigenvalue weighted by Crippen LogP contribution is -2.06. The summed E-state index contributed by atoms with van der Waals surface area (Å²) in [5, 5.41) is 8.62. The lowest BCUT2D eigenvalue weighted by Gasteiger charge is -2.12. The Kier molecular flexibility index (Phi) is 4.08. The Hall–Kier alpha value is -0.0300. The third kappa shape index (κ3) is 2.75. The first-order valence-electron chi connectivity index (χ1n) is 5.04. The highest BCUT2D eigenvalue weighted by molar-refractivity contribution is 9.10. The van der Waals surface area contributed by atoms with Gasteiger partial charge in [-0.2, -0.15) is 11.8 Å².